The molecule has 3 nitrogen and oxygen atoms in total. The molecule has 0 aliphatic heterocycles. The number of hydrogen-bond donors (Lipinski definition) is 2. The van der Waals surface area contributed by atoms with Crippen LogP contribution in [0.1, 0.15) is 0 Å². The van der Waals surface area contributed by atoms with Crippen molar-refractivity contribution >= 4 is 29.8 Å². The molecule has 0 atom stereocenters. The SMILES string of the molecule is NC(=O)O.[TeH2]. The van der Waals surface area contributed by atoms with E-state index in [1.807, 2.05) is 0 Å². The predicted octanol–water partition coefficient (Wildman–Crippen LogP) is -1.29. The van der Waals surface area contributed by atoms with Crippen LogP contribution in [0, 0.1) is 0 Å². The molecule has 0 saturated heterocycles. The van der Waals surface area contributed by atoms with Crippen molar-refractivity contribution in [2.75, 3.05) is 0 Å². The third kappa shape index (κ3) is 4850. The Morgan fingerprint density at radius 1 is 1.80 bits per heavy atom. The molecule has 0 aliphatic rings. The Bertz CT molecular complexity index is 32.6. The third-order valence-corrected chi connectivity index (χ3v) is 0. The van der Waals surface area contributed by atoms with E-state index in [2.05, 4.69) is 5.73 Å². The van der Waals surface area contributed by atoms with Gasteiger partial charge in [-0.15, -0.1) is 0 Å². The van der Waals surface area contributed by atoms with Crippen LogP contribution in [0.2, 0.25) is 0 Å². The van der Waals surface area contributed by atoms with Gasteiger partial charge in [0, 0.05) is 0 Å². The van der Waals surface area contributed by atoms with Crippen LogP contribution in [-0.2, 0) is 0 Å². The molecule has 32 valence electrons. The van der Waals surface area contributed by atoms with Gasteiger partial charge in [-0.25, -0.2) is 4.79 Å². The van der Waals surface area contributed by atoms with E-state index in [1.165, 1.54) is 0 Å². The number of rotatable bonds is 0. The molecular weight excluding hydrogens is 186 g/mol. The summed E-state index contributed by atoms with van der Waals surface area (Å²) in [5, 5.41) is 7.19. The van der Waals surface area contributed by atoms with Crippen LogP contribution in [0.3, 0.4) is 0 Å². The minimum atomic E-state index is -1.33. The average molecular weight is 191 g/mol. The molecule has 0 saturated carbocycles. The van der Waals surface area contributed by atoms with Crippen molar-refractivity contribution in [1.29, 1.82) is 0 Å². The summed E-state index contributed by atoms with van der Waals surface area (Å²) in [6.45, 7) is 0. The van der Waals surface area contributed by atoms with Gasteiger partial charge in [-0.3, -0.25) is 0 Å². The minimum absolute atomic E-state index is 0. The molecule has 0 aromatic carbocycles. The quantitative estimate of drug-likeness (QED) is 0.467. The number of nitrogens with two attached hydrogens (primary N) is 1. The van der Waals surface area contributed by atoms with Gasteiger partial charge in [0.2, 0.25) is 0 Å². The maximum absolute atomic E-state index is 8.78. The second kappa shape index (κ2) is 4.06. The fourth-order valence-electron chi connectivity index (χ4n) is 0. The van der Waals surface area contributed by atoms with E-state index in [1.54, 1.807) is 0 Å². The fraction of sp³-hybridized carbons (Fsp3) is 0. The van der Waals surface area contributed by atoms with Crippen molar-refractivity contribution in [3.05, 3.63) is 0 Å². The van der Waals surface area contributed by atoms with E-state index in [9.17, 15) is 0 Å². The molecule has 0 radical (unpaired) electrons. The zero-order valence-electron chi connectivity index (χ0n) is 2.43. The first-order valence-corrected chi connectivity index (χ1v) is 0.716. The summed E-state index contributed by atoms with van der Waals surface area (Å²) >= 11 is 0. The van der Waals surface area contributed by atoms with Crippen molar-refractivity contribution in [1.82, 2.24) is 0 Å². The van der Waals surface area contributed by atoms with Crippen LogP contribution in [0.4, 0.5) is 4.79 Å². The van der Waals surface area contributed by atoms with Crippen LogP contribution in [0.15, 0.2) is 0 Å². The standard InChI is InChI=1S/CH3NO2.H2Te/c2-1(3)4;/h2H2,(H,3,4);1H2. The number of carbonyl (C=O) groups is 1. The third-order valence-electron chi connectivity index (χ3n) is 0. The zero-order chi connectivity index (χ0) is 3.58. The van der Waals surface area contributed by atoms with Gasteiger partial charge < -0.3 is 10.8 Å². The molecule has 5 heavy (non-hydrogen) atoms. The number of hydrogen-bond acceptors (Lipinski definition) is 1. The summed E-state index contributed by atoms with van der Waals surface area (Å²) in [5.74, 6) is 0. The van der Waals surface area contributed by atoms with E-state index in [0.717, 1.165) is 0 Å². The second-order valence-electron chi connectivity index (χ2n) is 0.338. The van der Waals surface area contributed by atoms with Crippen molar-refractivity contribution in [3.63, 3.8) is 0 Å². The maximum atomic E-state index is 8.78. The Morgan fingerprint density at radius 3 is 1.80 bits per heavy atom. The number of carboxylic acid groups (broad SMARTS) is 1. The van der Waals surface area contributed by atoms with E-state index in [-0.39, 0.29) is 23.7 Å². The summed E-state index contributed by atoms with van der Waals surface area (Å²) < 4.78 is 0. The Labute approximate surface area is 45.9 Å². The van der Waals surface area contributed by atoms with Gasteiger partial charge in [0.25, 0.3) is 0 Å². The molecule has 0 heterocycles. The normalized spacial score (nSPS) is 4.80. The first kappa shape index (κ1) is 8.91. The zero-order valence-corrected chi connectivity index (χ0v) is 5.29. The van der Waals surface area contributed by atoms with Crippen LogP contribution in [0.5, 0.6) is 0 Å². The average Bonchev–Trinajstić information content (AvgIpc) is 0.811. The predicted molar refractivity (Wildman–Crippen MR) is 20.8 cm³/mol. The Morgan fingerprint density at radius 2 is 1.80 bits per heavy atom. The summed E-state index contributed by atoms with van der Waals surface area (Å²) in [7, 11) is 0. The van der Waals surface area contributed by atoms with Crippen LogP contribution in [0.25, 0.3) is 0 Å². The van der Waals surface area contributed by atoms with Gasteiger partial charge in [-0.05, 0) is 0 Å². The van der Waals surface area contributed by atoms with Crippen molar-refractivity contribution in [3.8, 4) is 0 Å². The molecule has 0 aliphatic carbocycles. The van der Waals surface area contributed by atoms with Gasteiger partial charge in [0.05, 0.1) is 0 Å². The number of primary amides is 1. The summed E-state index contributed by atoms with van der Waals surface area (Å²) in [6, 6.07) is 0. The monoisotopic (exact) mass is 193 g/mol. The molecule has 0 fully saturated rings. The topological polar surface area (TPSA) is 63.3 Å². The van der Waals surface area contributed by atoms with Crippen LogP contribution < -0.4 is 5.73 Å². The molecule has 0 aromatic heterocycles. The molecular formula is CH5NO2Te. The van der Waals surface area contributed by atoms with E-state index >= 15 is 0 Å². The summed E-state index contributed by atoms with van der Waals surface area (Å²) in [4.78, 5) is 8.78. The van der Waals surface area contributed by atoms with Crippen molar-refractivity contribution in [2.24, 2.45) is 5.73 Å². The van der Waals surface area contributed by atoms with Gasteiger partial charge in [-0.1, -0.05) is 0 Å². The van der Waals surface area contributed by atoms with Gasteiger partial charge >= 0.3 is 29.8 Å². The van der Waals surface area contributed by atoms with Gasteiger partial charge in [0.1, 0.15) is 0 Å². The van der Waals surface area contributed by atoms with E-state index in [0.29, 0.717) is 0 Å². The van der Waals surface area contributed by atoms with Gasteiger partial charge in [-0.2, -0.15) is 0 Å². The van der Waals surface area contributed by atoms with Gasteiger partial charge in [0.15, 0.2) is 0 Å². The Hall–Kier alpha value is 0.0596. The van der Waals surface area contributed by atoms with Crippen molar-refractivity contribution < 1.29 is 9.90 Å². The fourth-order valence-corrected chi connectivity index (χ4v) is 0. The molecule has 3 N–H and O–H groups in total. The summed E-state index contributed by atoms with van der Waals surface area (Å²) in [6.07, 6.45) is -1.33. The second-order valence-corrected chi connectivity index (χ2v) is 0.338. The summed E-state index contributed by atoms with van der Waals surface area (Å²) in [5.41, 5.74) is 4.03. The first-order valence-electron chi connectivity index (χ1n) is 0.716. The first-order chi connectivity index (χ1) is 1.73. The van der Waals surface area contributed by atoms with Crippen molar-refractivity contribution in [2.45, 2.75) is 0 Å². The molecule has 0 bridgehead atoms. The molecule has 0 aromatic rings. The Balaban J connectivity index is 0. The van der Waals surface area contributed by atoms with Crippen LogP contribution in [-0.4, -0.2) is 34.9 Å². The molecule has 1 amide bonds. The van der Waals surface area contributed by atoms with E-state index < -0.39 is 6.09 Å². The van der Waals surface area contributed by atoms with Crippen LogP contribution >= 0.6 is 0 Å². The Kier molecular flexibility index (Phi) is 7.23. The molecule has 0 spiro atoms. The van der Waals surface area contributed by atoms with E-state index in [4.69, 9.17) is 9.90 Å². The number of amides is 1. The molecule has 4 heteroatoms. The molecule has 0 rings (SSSR count). The molecule has 0 unspecified atom stereocenters.